The fourth-order valence-electron chi connectivity index (χ4n) is 1.77. The Morgan fingerprint density at radius 2 is 1.50 bits per heavy atom. The Hall–Kier alpha value is -1.56. The van der Waals surface area contributed by atoms with Crippen LogP contribution in [0, 0.1) is 6.92 Å². The first-order valence-corrected chi connectivity index (χ1v) is 5.82. The Kier molecular flexibility index (Phi) is 6.21. The summed E-state index contributed by atoms with van der Waals surface area (Å²) in [6.07, 6.45) is 0. The second kappa shape index (κ2) is 7.71. The van der Waals surface area contributed by atoms with Crippen LogP contribution in [0.5, 0.6) is 0 Å². The van der Waals surface area contributed by atoms with Crippen LogP contribution >= 0.6 is 0 Å². The van der Waals surface area contributed by atoms with E-state index in [4.69, 9.17) is 0 Å². The maximum Gasteiger partial charge on any atom is 2.00 e. The predicted molar refractivity (Wildman–Crippen MR) is 74.2 cm³/mol. The van der Waals surface area contributed by atoms with Crippen molar-refractivity contribution in [2.24, 2.45) is 0 Å². The molecule has 3 aromatic rings. The first-order chi connectivity index (χ1) is 8.38. The van der Waals surface area contributed by atoms with Crippen molar-refractivity contribution in [3.63, 3.8) is 0 Å². The SMILES string of the molecule is C[c-]1cccc1-c1ccccc1.[Fe+2].c1cc[cH-]c1. The molecule has 3 rings (SSSR count). The quantitative estimate of drug-likeness (QED) is 0.443. The van der Waals surface area contributed by atoms with E-state index in [1.165, 1.54) is 16.7 Å². The van der Waals surface area contributed by atoms with Gasteiger partial charge in [0.25, 0.3) is 0 Å². The Morgan fingerprint density at radius 3 is 1.94 bits per heavy atom. The second-order valence-corrected chi connectivity index (χ2v) is 3.95. The Morgan fingerprint density at radius 1 is 0.833 bits per heavy atom. The van der Waals surface area contributed by atoms with E-state index in [1.807, 2.05) is 36.4 Å². The average molecular weight is 276 g/mol. The van der Waals surface area contributed by atoms with Crippen molar-refractivity contribution in [2.45, 2.75) is 6.92 Å². The summed E-state index contributed by atoms with van der Waals surface area (Å²) in [5.41, 5.74) is 4.00. The van der Waals surface area contributed by atoms with Crippen molar-refractivity contribution >= 4 is 0 Å². The maximum atomic E-state index is 2.16. The van der Waals surface area contributed by atoms with Crippen LogP contribution in [-0.2, 0) is 17.1 Å². The molecule has 0 nitrogen and oxygen atoms in total. The molecule has 18 heavy (non-hydrogen) atoms. The van der Waals surface area contributed by atoms with Gasteiger partial charge in [-0.3, -0.25) is 0 Å². The minimum absolute atomic E-state index is 0. The van der Waals surface area contributed by atoms with E-state index in [-0.39, 0.29) is 17.1 Å². The van der Waals surface area contributed by atoms with E-state index < -0.39 is 0 Å². The van der Waals surface area contributed by atoms with Crippen molar-refractivity contribution < 1.29 is 17.1 Å². The summed E-state index contributed by atoms with van der Waals surface area (Å²) in [5.74, 6) is 0. The molecule has 0 atom stereocenters. The summed E-state index contributed by atoms with van der Waals surface area (Å²) in [6, 6.07) is 26.9. The molecular formula is C17H16Fe. The van der Waals surface area contributed by atoms with Gasteiger partial charge in [-0.15, -0.1) is 11.1 Å². The van der Waals surface area contributed by atoms with Crippen LogP contribution in [0.4, 0.5) is 0 Å². The van der Waals surface area contributed by atoms with Crippen molar-refractivity contribution in [1.82, 2.24) is 0 Å². The molecule has 0 radical (unpaired) electrons. The van der Waals surface area contributed by atoms with Crippen LogP contribution in [0.25, 0.3) is 11.1 Å². The third-order valence-electron chi connectivity index (χ3n) is 2.67. The number of benzene rings is 1. The van der Waals surface area contributed by atoms with Gasteiger partial charge in [0.1, 0.15) is 0 Å². The van der Waals surface area contributed by atoms with Gasteiger partial charge in [0, 0.05) is 0 Å². The molecule has 0 unspecified atom stereocenters. The van der Waals surface area contributed by atoms with Gasteiger partial charge in [-0.2, -0.15) is 36.4 Å². The van der Waals surface area contributed by atoms with Gasteiger partial charge >= 0.3 is 17.1 Å². The van der Waals surface area contributed by atoms with Crippen LogP contribution in [-0.4, -0.2) is 0 Å². The molecule has 0 fully saturated rings. The normalized spacial score (nSPS) is 8.94. The molecule has 0 N–H and O–H groups in total. The smallest absolute Gasteiger partial charge is 0.214 e. The van der Waals surface area contributed by atoms with E-state index in [1.54, 1.807) is 0 Å². The maximum absolute atomic E-state index is 2.16. The minimum Gasteiger partial charge on any atom is -0.214 e. The van der Waals surface area contributed by atoms with Gasteiger partial charge in [-0.25, -0.2) is 12.1 Å². The zero-order valence-corrected chi connectivity index (χ0v) is 11.5. The molecule has 0 aliphatic heterocycles. The molecule has 0 spiro atoms. The molecule has 0 saturated carbocycles. The molecular weight excluding hydrogens is 260 g/mol. The summed E-state index contributed by atoms with van der Waals surface area (Å²) in [5, 5.41) is 0. The van der Waals surface area contributed by atoms with Gasteiger partial charge in [0.2, 0.25) is 0 Å². The molecule has 0 aliphatic rings. The van der Waals surface area contributed by atoms with Crippen molar-refractivity contribution in [3.8, 4) is 11.1 Å². The van der Waals surface area contributed by atoms with Gasteiger partial charge in [0.05, 0.1) is 0 Å². The molecule has 0 aliphatic carbocycles. The Labute approximate surface area is 119 Å². The standard InChI is InChI=1S/C12H11.C5H5.Fe/c1-10-6-5-9-12(10)11-7-3-2-4-8-11;1-2-4-5-3-1;/h2-9H,1H3;1-5H;/q2*-1;+2. The summed E-state index contributed by atoms with van der Waals surface area (Å²) < 4.78 is 0. The van der Waals surface area contributed by atoms with Gasteiger partial charge < -0.3 is 0 Å². The van der Waals surface area contributed by atoms with Crippen LogP contribution in [0.1, 0.15) is 5.56 Å². The third-order valence-corrected chi connectivity index (χ3v) is 2.67. The molecule has 92 valence electrons. The van der Waals surface area contributed by atoms with Gasteiger partial charge in [-0.05, 0) is 0 Å². The fourth-order valence-corrected chi connectivity index (χ4v) is 1.77. The zero-order valence-electron chi connectivity index (χ0n) is 10.4. The molecule has 0 bridgehead atoms. The predicted octanol–water partition coefficient (Wildman–Crippen LogP) is 4.78. The average Bonchev–Trinajstić information content (AvgIpc) is 3.03. The first-order valence-electron chi connectivity index (χ1n) is 5.82. The molecule has 0 heterocycles. The number of hydrogen-bond donors (Lipinski definition) is 0. The minimum atomic E-state index is 0. The van der Waals surface area contributed by atoms with Crippen molar-refractivity contribution in [2.75, 3.05) is 0 Å². The Balaban J connectivity index is 0.000000230. The Bertz CT molecular complexity index is 501. The summed E-state index contributed by atoms with van der Waals surface area (Å²) in [7, 11) is 0. The van der Waals surface area contributed by atoms with E-state index in [9.17, 15) is 0 Å². The van der Waals surface area contributed by atoms with E-state index in [0.29, 0.717) is 0 Å². The topological polar surface area (TPSA) is 0 Å². The molecule has 1 heteroatoms. The second-order valence-electron chi connectivity index (χ2n) is 3.95. The summed E-state index contributed by atoms with van der Waals surface area (Å²) in [4.78, 5) is 0. The van der Waals surface area contributed by atoms with Gasteiger partial charge in [0.15, 0.2) is 0 Å². The fraction of sp³-hybridized carbons (Fsp3) is 0.0588. The molecule has 3 aromatic carbocycles. The van der Waals surface area contributed by atoms with Crippen LogP contribution < -0.4 is 0 Å². The number of aryl methyl sites for hydroxylation is 1. The van der Waals surface area contributed by atoms with Gasteiger partial charge in [-0.1, -0.05) is 42.8 Å². The molecule has 0 amide bonds. The van der Waals surface area contributed by atoms with Crippen LogP contribution in [0.2, 0.25) is 0 Å². The largest absolute Gasteiger partial charge is 2.00 e. The zero-order chi connectivity index (χ0) is 11.9. The molecule has 0 saturated heterocycles. The first kappa shape index (κ1) is 14.5. The van der Waals surface area contributed by atoms with Crippen molar-refractivity contribution in [3.05, 3.63) is 84.4 Å². The van der Waals surface area contributed by atoms with E-state index in [2.05, 4.69) is 49.4 Å². The monoisotopic (exact) mass is 276 g/mol. The number of rotatable bonds is 1. The van der Waals surface area contributed by atoms with Crippen LogP contribution in [0.15, 0.2) is 78.9 Å². The summed E-state index contributed by atoms with van der Waals surface area (Å²) in [6.45, 7) is 2.14. The van der Waals surface area contributed by atoms with E-state index in [0.717, 1.165) is 0 Å². The summed E-state index contributed by atoms with van der Waals surface area (Å²) >= 11 is 0. The van der Waals surface area contributed by atoms with Crippen LogP contribution in [0.3, 0.4) is 0 Å². The third kappa shape index (κ3) is 4.03. The van der Waals surface area contributed by atoms with Crippen molar-refractivity contribution in [1.29, 1.82) is 0 Å². The molecule has 0 aromatic heterocycles. The number of hydrogen-bond acceptors (Lipinski definition) is 0. The van der Waals surface area contributed by atoms with E-state index >= 15 is 0 Å².